The Morgan fingerprint density at radius 3 is 2.56 bits per heavy atom. The van der Waals surface area contributed by atoms with E-state index in [9.17, 15) is 13.2 Å². The van der Waals surface area contributed by atoms with E-state index in [1.807, 2.05) is 0 Å². The summed E-state index contributed by atoms with van der Waals surface area (Å²) in [5.41, 5.74) is 0. The van der Waals surface area contributed by atoms with Gasteiger partial charge in [0.2, 0.25) is 10.0 Å². The first-order valence-electron chi connectivity index (χ1n) is 5.52. The van der Waals surface area contributed by atoms with E-state index >= 15 is 0 Å². The fraction of sp³-hybridized carbons (Fsp3) is 0.364. The molecule has 1 fully saturated rings. The number of sulfonamides is 1. The number of carboxylic acids is 1. The molecule has 18 heavy (non-hydrogen) atoms. The van der Waals surface area contributed by atoms with Gasteiger partial charge in [-0.1, -0.05) is 18.2 Å². The van der Waals surface area contributed by atoms with E-state index in [2.05, 4.69) is 10.0 Å². The largest absolute Gasteiger partial charge is 0.480 e. The molecule has 1 aromatic rings. The highest BCUT2D eigenvalue weighted by Crippen LogP contribution is 2.12. The Hall–Kier alpha value is -1.44. The van der Waals surface area contributed by atoms with Crippen molar-refractivity contribution in [3.63, 3.8) is 0 Å². The molecule has 1 aliphatic rings. The Balaban J connectivity index is 2.05. The van der Waals surface area contributed by atoms with Crippen LogP contribution >= 0.6 is 0 Å². The molecule has 0 unspecified atom stereocenters. The molecule has 1 aromatic carbocycles. The van der Waals surface area contributed by atoms with Gasteiger partial charge in [0.1, 0.15) is 6.04 Å². The quantitative estimate of drug-likeness (QED) is 0.703. The SMILES string of the molecule is O=C(O)[C@H]1C[C@H](NS(=O)(=O)c2ccccc2)CN1. The fourth-order valence-corrected chi connectivity index (χ4v) is 3.17. The van der Waals surface area contributed by atoms with E-state index in [1.165, 1.54) is 12.1 Å². The topological polar surface area (TPSA) is 95.5 Å². The van der Waals surface area contributed by atoms with Gasteiger partial charge in [-0.3, -0.25) is 4.79 Å². The maximum atomic E-state index is 12.0. The molecular formula is C11H14N2O4S. The Kier molecular flexibility index (Phi) is 3.65. The number of rotatable bonds is 4. The summed E-state index contributed by atoms with van der Waals surface area (Å²) in [7, 11) is -3.58. The van der Waals surface area contributed by atoms with Crippen molar-refractivity contribution in [2.75, 3.05) is 6.54 Å². The maximum absolute atomic E-state index is 12.0. The van der Waals surface area contributed by atoms with Crippen LogP contribution in [0.25, 0.3) is 0 Å². The van der Waals surface area contributed by atoms with E-state index in [4.69, 9.17) is 5.11 Å². The van der Waals surface area contributed by atoms with Crippen LogP contribution in [0.2, 0.25) is 0 Å². The summed E-state index contributed by atoms with van der Waals surface area (Å²) in [6, 6.07) is 6.93. The van der Waals surface area contributed by atoms with Crippen LogP contribution < -0.4 is 10.0 Å². The molecule has 0 spiro atoms. The molecular weight excluding hydrogens is 256 g/mol. The second kappa shape index (κ2) is 5.05. The average molecular weight is 270 g/mol. The summed E-state index contributed by atoms with van der Waals surface area (Å²) in [6.45, 7) is 0.322. The Morgan fingerprint density at radius 1 is 1.33 bits per heavy atom. The summed E-state index contributed by atoms with van der Waals surface area (Å²) in [6.07, 6.45) is 0.251. The third kappa shape index (κ3) is 2.87. The number of hydrogen-bond acceptors (Lipinski definition) is 4. The predicted octanol–water partition coefficient (Wildman–Crippen LogP) is -0.220. The van der Waals surface area contributed by atoms with Gasteiger partial charge in [-0.05, 0) is 18.6 Å². The molecule has 0 aromatic heterocycles. The summed E-state index contributed by atoms with van der Waals surface area (Å²) in [4.78, 5) is 10.9. The third-order valence-electron chi connectivity index (χ3n) is 2.80. The standard InChI is InChI=1S/C11H14N2O4S/c14-11(15)10-6-8(7-12-10)13-18(16,17)9-4-2-1-3-5-9/h1-5,8,10,12-13H,6-7H2,(H,14,15)/t8-,10+/m0/s1. The van der Waals surface area contributed by atoms with Crippen molar-refractivity contribution < 1.29 is 18.3 Å². The molecule has 0 amide bonds. The van der Waals surface area contributed by atoms with Crippen LogP contribution in [0.4, 0.5) is 0 Å². The highest BCUT2D eigenvalue weighted by Gasteiger charge is 2.31. The van der Waals surface area contributed by atoms with Crippen molar-refractivity contribution >= 4 is 16.0 Å². The second-order valence-electron chi connectivity index (χ2n) is 4.17. The molecule has 2 rings (SSSR count). The molecule has 6 nitrogen and oxygen atoms in total. The Labute approximate surface area is 105 Å². The number of aliphatic carboxylic acids is 1. The molecule has 0 aliphatic carbocycles. The summed E-state index contributed by atoms with van der Waals surface area (Å²) < 4.78 is 26.5. The number of carbonyl (C=O) groups is 1. The molecule has 0 bridgehead atoms. The van der Waals surface area contributed by atoms with Crippen molar-refractivity contribution in [1.82, 2.24) is 10.0 Å². The lowest BCUT2D eigenvalue weighted by atomic mass is 10.2. The van der Waals surface area contributed by atoms with Gasteiger partial charge in [0.05, 0.1) is 4.90 Å². The third-order valence-corrected chi connectivity index (χ3v) is 4.34. The number of carboxylic acid groups (broad SMARTS) is 1. The van der Waals surface area contributed by atoms with Gasteiger partial charge >= 0.3 is 5.97 Å². The fourth-order valence-electron chi connectivity index (χ4n) is 1.90. The van der Waals surface area contributed by atoms with Gasteiger partial charge < -0.3 is 10.4 Å². The molecule has 0 saturated carbocycles. The van der Waals surface area contributed by atoms with Gasteiger partial charge in [-0.15, -0.1) is 0 Å². The minimum atomic E-state index is -3.58. The molecule has 98 valence electrons. The van der Waals surface area contributed by atoms with E-state index in [-0.39, 0.29) is 11.3 Å². The van der Waals surface area contributed by atoms with Gasteiger partial charge in [0.25, 0.3) is 0 Å². The lowest BCUT2D eigenvalue weighted by Crippen LogP contribution is -2.36. The molecule has 1 aliphatic heterocycles. The van der Waals surface area contributed by atoms with Crippen LogP contribution in [0.15, 0.2) is 35.2 Å². The zero-order valence-corrected chi connectivity index (χ0v) is 10.4. The molecule has 7 heteroatoms. The van der Waals surface area contributed by atoms with Crippen molar-refractivity contribution in [1.29, 1.82) is 0 Å². The lowest BCUT2D eigenvalue weighted by molar-refractivity contribution is -0.139. The van der Waals surface area contributed by atoms with E-state index < -0.39 is 28.1 Å². The van der Waals surface area contributed by atoms with Crippen molar-refractivity contribution in [3.05, 3.63) is 30.3 Å². The van der Waals surface area contributed by atoms with Gasteiger partial charge in [0, 0.05) is 12.6 Å². The smallest absolute Gasteiger partial charge is 0.320 e. The highest BCUT2D eigenvalue weighted by molar-refractivity contribution is 7.89. The molecule has 2 atom stereocenters. The van der Waals surface area contributed by atoms with Crippen molar-refractivity contribution in [3.8, 4) is 0 Å². The highest BCUT2D eigenvalue weighted by atomic mass is 32.2. The monoisotopic (exact) mass is 270 g/mol. The normalized spacial score (nSPS) is 24.0. The summed E-state index contributed by atoms with van der Waals surface area (Å²) >= 11 is 0. The molecule has 0 radical (unpaired) electrons. The minimum Gasteiger partial charge on any atom is -0.480 e. The molecule has 1 saturated heterocycles. The van der Waals surface area contributed by atoms with Crippen LogP contribution in [0.3, 0.4) is 0 Å². The lowest BCUT2D eigenvalue weighted by Gasteiger charge is -2.11. The van der Waals surface area contributed by atoms with E-state index in [0.29, 0.717) is 6.54 Å². The predicted molar refractivity (Wildman–Crippen MR) is 64.6 cm³/mol. The van der Waals surface area contributed by atoms with Crippen LogP contribution in [0, 0.1) is 0 Å². The van der Waals surface area contributed by atoms with Crippen LogP contribution in [-0.4, -0.2) is 38.1 Å². The zero-order chi connectivity index (χ0) is 13.2. The second-order valence-corrected chi connectivity index (χ2v) is 5.88. The number of benzene rings is 1. The van der Waals surface area contributed by atoms with Gasteiger partial charge in [-0.2, -0.15) is 0 Å². The van der Waals surface area contributed by atoms with Gasteiger partial charge in [0.15, 0.2) is 0 Å². The first-order valence-corrected chi connectivity index (χ1v) is 7.01. The number of hydrogen-bond donors (Lipinski definition) is 3. The van der Waals surface area contributed by atoms with Crippen molar-refractivity contribution in [2.24, 2.45) is 0 Å². The first-order chi connectivity index (χ1) is 8.49. The Bertz CT molecular complexity index is 529. The van der Waals surface area contributed by atoms with Crippen LogP contribution in [0.1, 0.15) is 6.42 Å². The van der Waals surface area contributed by atoms with Crippen LogP contribution in [-0.2, 0) is 14.8 Å². The molecule has 1 heterocycles. The van der Waals surface area contributed by atoms with Gasteiger partial charge in [-0.25, -0.2) is 13.1 Å². The van der Waals surface area contributed by atoms with E-state index in [1.54, 1.807) is 18.2 Å². The van der Waals surface area contributed by atoms with E-state index in [0.717, 1.165) is 0 Å². The first kappa shape index (κ1) is 13.0. The maximum Gasteiger partial charge on any atom is 0.320 e. The summed E-state index contributed by atoms with van der Waals surface area (Å²) in [5, 5.41) is 11.6. The minimum absolute atomic E-state index is 0.184. The average Bonchev–Trinajstić information content (AvgIpc) is 2.78. The number of nitrogens with one attached hydrogen (secondary N) is 2. The molecule has 3 N–H and O–H groups in total. The van der Waals surface area contributed by atoms with Crippen molar-refractivity contribution in [2.45, 2.75) is 23.4 Å². The Morgan fingerprint density at radius 2 is 2.00 bits per heavy atom. The van der Waals surface area contributed by atoms with Crippen LogP contribution in [0.5, 0.6) is 0 Å². The summed E-state index contributed by atoms with van der Waals surface area (Å²) in [5.74, 6) is -0.962. The zero-order valence-electron chi connectivity index (χ0n) is 9.54.